The molecule has 1 aromatic heterocycles. The first kappa shape index (κ1) is 60.5. The van der Waals surface area contributed by atoms with E-state index in [-0.39, 0.29) is 69.7 Å². The van der Waals surface area contributed by atoms with Gasteiger partial charge in [-0.05, 0) is 67.2 Å². The number of benzene rings is 2. The number of nitrogens with two attached hydrogens (primary N) is 3. The Balaban J connectivity index is 1.59. The Hall–Kier alpha value is -8.09. The Morgan fingerprint density at radius 1 is 0.737 bits per heavy atom. The zero-order valence-corrected chi connectivity index (χ0v) is 43.2. The van der Waals surface area contributed by atoms with Gasteiger partial charge < -0.3 is 74.3 Å². The molecule has 1 aliphatic rings. The molecule has 2 heterocycles. The number of nitrogens with one attached hydrogen (secondary N) is 7. The van der Waals surface area contributed by atoms with Crippen LogP contribution in [0.15, 0.2) is 72.1 Å². The number of aliphatic imine (C=N–C) groups is 1. The number of likely N-dealkylation sites (tertiary alicyclic amines) is 1. The van der Waals surface area contributed by atoms with E-state index in [4.69, 9.17) is 22.3 Å². The van der Waals surface area contributed by atoms with Crippen molar-refractivity contribution in [2.45, 2.75) is 140 Å². The van der Waals surface area contributed by atoms with Crippen LogP contribution in [0.1, 0.15) is 89.5 Å². The van der Waals surface area contributed by atoms with Crippen LogP contribution in [-0.2, 0) is 62.4 Å². The number of aliphatic carboxylic acids is 2. The van der Waals surface area contributed by atoms with Gasteiger partial charge in [-0.25, -0.2) is 9.78 Å². The first-order chi connectivity index (χ1) is 36.1. The smallest absolute Gasteiger partial charge is 0.326 e. The number of aromatic nitrogens is 2. The number of guanidine groups is 1. The number of H-pyrrole nitrogens is 1. The van der Waals surface area contributed by atoms with E-state index in [0.717, 1.165) is 0 Å². The molecular formula is C51H73N13O12. The van der Waals surface area contributed by atoms with Gasteiger partial charge in [0.2, 0.25) is 41.4 Å². The number of carboxylic acids is 2. The second-order valence-electron chi connectivity index (χ2n) is 19.2. The Morgan fingerprint density at radius 3 is 1.95 bits per heavy atom. The highest BCUT2D eigenvalue weighted by atomic mass is 16.4. The van der Waals surface area contributed by atoms with Gasteiger partial charge >= 0.3 is 11.9 Å². The standard InChI is InChI=1S/C51H73N13O12/c1-5-29(4)42(48(73)60-37(25-32-26-55-27-57-32)49(74)64-22-10-14-39(64)46(71)61-38(50(75)76)24-30-11-7-6-8-12-30)63-45(70)36(23-31-15-17-33(65)18-16-31)59-47(72)41(28(2)3)62-44(69)35(13-9-21-56-51(53)54)58-43(68)34(52)19-20-40(66)67/h6-8,11-12,15-18,26-29,34-39,41-42,65H,5,9-10,13-14,19-25,52H2,1-4H3,(H,55,57)(H,58,68)(H,59,72)(H,60,73)(H,61,71)(H,62,69)(H,63,70)(H,66,67)(H,75,76)(H4,53,54,56). The van der Waals surface area contributed by atoms with Crippen molar-refractivity contribution in [2.75, 3.05) is 13.1 Å². The van der Waals surface area contributed by atoms with E-state index in [9.17, 15) is 53.4 Å². The molecule has 4 rings (SSSR count). The topological polar surface area (TPSA) is 409 Å². The monoisotopic (exact) mass is 1060 g/mol. The fourth-order valence-electron chi connectivity index (χ4n) is 8.44. The second-order valence-corrected chi connectivity index (χ2v) is 19.2. The summed E-state index contributed by atoms with van der Waals surface area (Å²) in [5.41, 5.74) is 18.5. The zero-order chi connectivity index (χ0) is 56.1. The number of carboxylic acid groups (broad SMARTS) is 2. The third kappa shape index (κ3) is 19.0. The minimum absolute atomic E-state index is 0.00101. The van der Waals surface area contributed by atoms with Gasteiger partial charge in [-0.3, -0.25) is 43.3 Å². The number of amides is 7. The molecule has 2 aromatic carbocycles. The Morgan fingerprint density at radius 2 is 1.34 bits per heavy atom. The molecule has 7 amide bonds. The van der Waals surface area contributed by atoms with Crippen LogP contribution in [0, 0.1) is 11.8 Å². The van der Waals surface area contributed by atoms with Crippen molar-refractivity contribution in [1.82, 2.24) is 46.8 Å². The molecule has 414 valence electrons. The van der Waals surface area contributed by atoms with Gasteiger partial charge in [-0.15, -0.1) is 0 Å². The summed E-state index contributed by atoms with van der Waals surface area (Å²) < 4.78 is 0. The number of hydrogen-bond donors (Lipinski definition) is 13. The zero-order valence-electron chi connectivity index (χ0n) is 43.2. The van der Waals surface area contributed by atoms with Crippen LogP contribution >= 0.6 is 0 Å². The van der Waals surface area contributed by atoms with Gasteiger partial charge in [-0.1, -0.05) is 76.6 Å². The Bertz CT molecular complexity index is 2470. The number of aromatic amines is 1. The molecule has 0 spiro atoms. The summed E-state index contributed by atoms with van der Waals surface area (Å²) in [5, 5.41) is 45.2. The first-order valence-corrected chi connectivity index (χ1v) is 25.3. The van der Waals surface area contributed by atoms with Crippen molar-refractivity contribution >= 4 is 59.2 Å². The SMILES string of the molecule is CCC(C)C(NC(=O)C(Cc1ccc(O)cc1)NC(=O)C(NC(=O)C(CCCN=C(N)N)NC(=O)C(N)CCC(=O)O)C(C)C)C(=O)NC(Cc1cnc[nH]1)C(=O)N1CCCC1C(=O)NC(Cc1ccccc1)C(=O)O. The van der Waals surface area contributed by atoms with Crippen LogP contribution in [0.4, 0.5) is 0 Å². The van der Waals surface area contributed by atoms with Crippen molar-refractivity contribution < 1.29 is 58.5 Å². The summed E-state index contributed by atoms with van der Waals surface area (Å²) in [5.74, 6) is -9.25. The molecule has 3 aromatic rings. The predicted octanol–water partition coefficient (Wildman–Crippen LogP) is -0.925. The van der Waals surface area contributed by atoms with Crippen LogP contribution in [0.2, 0.25) is 0 Å². The lowest BCUT2D eigenvalue weighted by Gasteiger charge is -2.32. The normalized spacial score (nSPS) is 16.3. The van der Waals surface area contributed by atoms with Crippen LogP contribution in [0.25, 0.3) is 0 Å². The lowest BCUT2D eigenvalue weighted by molar-refractivity contribution is -0.145. The lowest BCUT2D eigenvalue weighted by atomic mass is 9.96. The summed E-state index contributed by atoms with van der Waals surface area (Å²) in [6, 6.07) is 4.29. The quantitative estimate of drug-likeness (QED) is 0.0218. The third-order valence-corrected chi connectivity index (χ3v) is 13.0. The molecule has 9 atom stereocenters. The molecule has 16 N–H and O–H groups in total. The van der Waals surface area contributed by atoms with Gasteiger partial charge in [0.25, 0.3) is 0 Å². The molecule has 1 saturated heterocycles. The number of aromatic hydroxyl groups is 1. The largest absolute Gasteiger partial charge is 0.508 e. The highest BCUT2D eigenvalue weighted by Gasteiger charge is 2.41. The number of rotatable bonds is 30. The minimum Gasteiger partial charge on any atom is -0.508 e. The summed E-state index contributed by atoms with van der Waals surface area (Å²) in [6.07, 6.45) is 3.10. The van der Waals surface area contributed by atoms with Crippen LogP contribution in [0.3, 0.4) is 0 Å². The summed E-state index contributed by atoms with van der Waals surface area (Å²) in [6.45, 7) is 6.96. The molecule has 0 aliphatic carbocycles. The van der Waals surface area contributed by atoms with E-state index in [2.05, 4.69) is 46.9 Å². The first-order valence-electron chi connectivity index (χ1n) is 25.3. The highest BCUT2D eigenvalue weighted by Crippen LogP contribution is 2.21. The van der Waals surface area contributed by atoms with Gasteiger partial charge in [-0.2, -0.15) is 0 Å². The number of carbonyl (C=O) groups excluding carboxylic acids is 7. The van der Waals surface area contributed by atoms with Crippen molar-refractivity contribution in [2.24, 2.45) is 34.0 Å². The minimum atomic E-state index is -1.42. The van der Waals surface area contributed by atoms with Crippen molar-refractivity contribution in [3.8, 4) is 5.75 Å². The number of imidazole rings is 1. The molecule has 76 heavy (non-hydrogen) atoms. The molecular weight excluding hydrogens is 987 g/mol. The summed E-state index contributed by atoms with van der Waals surface area (Å²) in [4.78, 5) is 134. The van der Waals surface area contributed by atoms with Crippen LogP contribution < -0.4 is 49.1 Å². The van der Waals surface area contributed by atoms with E-state index in [1.807, 2.05) is 0 Å². The number of hydrogen-bond acceptors (Lipinski definition) is 13. The molecule has 1 fully saturated rings. The molecule has 9 unspecified atom stereocenters. The van der Waals surface area contributed by atoms with E-state index in [1.54, 1.807) is 58.0 Å². The van der Waals surface area contributed by atoms with Crippen molar-refractivity contribution in [3.05, 3.63) is 83.9 Å². The van der Waals surface area contributed by atoms with Gasteiger partial charge in [0.05, 0.1) is 12.4 Å². The maximum Gasteiger partial charge on any atom is 0.326 e. The average molecular weight is 1060 g/mol. The van der Waals surface area contributed by atoms with E-state index in [1.165, 1.54) is 41.7 Å². The third-order valence-electron chi connectivity index (χ3n) is 13.0. The maximum absolute atomic E-state index is 14.6. The number of phenolic OH excluding ortho intramolecular Hbond substituents is 1. The average Bonchev–Trinajstić information content (AvgIpc) is 4.10. The molecule has 1 aliphatic heterocycles. The van der Waals surface area contributed by atoms with Gasteiger partial charge in [0.15, 0.2) is 5.96 Å². The Kier molecular flexibility index (Phi) is 23.6. The molecule has 0 radical (unpaired) electrons. The van der Waals surface area contributed by atoms with Crippen molar-refractivity contribution in [3.63, 3.8) is 0 Å². The number of nitrogens with zero attached hydrogens (tertiary/aromatic N) is 3. The number of carbonyl (C=O) groups is 9. The van der Waals surface area contributed by atoms with Gasteiger partial charge in [0, 0.05) is 50.7 Å². The fraction of sp³-hybridized carbons (Fsp3) is 0.510. The fourth-order valence-corrected chi connectivity index (χ4v) is 8.44. The lowest BCUT2D eigenvalue weighted by Crippen LogP contribution is -2.62. The summed E-state index contributed by atoms with van der Waals surface area (Å²) >= 11 is 0. The van der Waals surface area contributed by atoms with Gasteiger partial charge in [0.1, 0.15) is 48.0 Å². The van der Waals surface area contributed by atoms with E-state index >= 15 is 0 Å². The van der Waals surface area contributed by atoms with E-state index < -0.39 is 120 Å². The van der Waals surface area contributed by atoms with E-state index in [0.29, 0.717) is 29.7 Å². The molecule has 25 nitrogen and oxygen atoms in total. The predicted molar refractivity (Wildman–Crippen MR) is 277 cm³/mol. The van der Waals surface area contributed by atoms with Crippen LogP contribution in [0.5, 0.6) is 5.75 Å². The van der Waals surface area contributed by atoms with Crippen LogP contribution in [-0.4, -0.2) is 151 Å². The molecule has 25 heteroatoms. The summed E-state index contributed by atoms with van der Waals surface area (Å²) in [7, 11) is 0. The van der Waals surface area contributed by atoms with Crippen molar-refractivity contribution in [1.29, 1.82) is 0 Å². The number of phenols is 1. The highest BCUT2D eigenvalue weighted by molar-refractivity contribution is 5.98. The molecule has 0 saturated carbocycles. The maximum atomic E-state index is 14.6. The second kappa shape index (κ2) is 29.7. The Labute approximate surface area is 440 Å². The molecule has 0 bridgehead atoms.